The lowest BCUT2D eigenvalue weighted by Crippen LogP contribution is -2.33. The molecule has 350 valence electrons. The van der Waals surface area contributed by atoms with Gasteiger partial charge < -0.3 is 87.5 Å². The van der Waals surface area contributed by atoms with E-state index < -0.39 is 211 Å². The summed E-state index contributed by atoms with van der Waals surface area (Å²) in [5.41, 5.74) is -9.82. The number of hydrogen-bond acceptors (Lipinski definition) is 18. The minimum Gasteiger partial charge on any atom is -0.390 e. The molecule has 0 amide bonds. The van der Waals surface area contributed by atoms with E-state index in [0.717, 1.165) is 20.8 Å². The molecule has 12 aliphatic heterocycles. The Morgan fingerprint density at radius 2 is 0.817 bits per heavy atom. The van der Waals surface area contributed by atoms with Crippen molar-refractivity contribution in [2.75, 3.05) is 78.8 Å². The molecule has 0 saturated carbocycles. The van der Waals surface area contributed by atoms with Gasteiger partial charge in [-0.05, 0) is 72.9 Å². The monoisotopic (exact) mass is 904 g/mol. The molecule has 0 aliphatic carbocycles. The Labute approximate surface area is 406 Å². The zero-order valence-corrected chi connectivity index (χ0v) is 31.6. The third kappa shape index (κ3) is 11.0. The Balaban J connectivity index is 0.000000184. The lowest BCUT2D eigenvalue weighted by atomic mass is 9.91. The van der Waals surface area contributed by atoms with Crippen molar-refractivity contribution in [3.63, 3.8) is 0 Å². The molecule has 12 fully saturated rings. The molecule has 60 heavy (non-hydrogen) atoms. The largest absolute Gasteiger partial charge is 0.390 e. The van der Waals surface area contributed by atoms with Crippen molar-refractivity contribution in [1.29, 1.82) is 0 Å². The summed E-state index contributed by atoms with van der Waals surface area (Å²) in [6.07, 6.45) is -30.5. The molecule has 12 heterocycles. The van der Waals surface area contributed by atoms with Crippen molar-refractivity contribution in [3.8, 4) is 0 Å². The first-order valence-corrected chi connectivity index (χ1v) is 17.5. The molecule has 12 rings (SSSR count). The van der Waals surface area contributed by atoms with Crippen molar-refractivity contribution < 1.29 is 138 Å². The molecule has 0 aromatic heterocycles. The Morgan fingerprint density at radius 1 is 0.433 bits per heavy atom. The summed E-state index contributed by atoms with van der Waals surface area (Å²) in [4.78, 5) is 0. The minimum absolute atomic E-state index is 0. The van der Waals surface area contributed by atoms with Crippen molar-refractivity contribution in [1.82, 2.24) is 0 Å². The topological polar surface area (TPSA) is 232 Å². The first kappa shape index (κ1) is 19.6. The fourth-order valence-electron chi connectivity index (χ4n) is 5.90. The van der Waals surface area contributed by atoms with Gasteiger partial charge in [0.2, 0.25) is 0 Å². The van der Waals surface area contributed by atoms with Crippen LogP contribution in [0.25, 0.3) is 0 Å². The second-order valence-corrected chi connectivity index (χ2v) is 14.7. The van der Waals surface area contributed by atoms with Crippen LogP contribution < -0.4 is 0 Å². The fourth-order valence-corrected chi connectivity index (χ4v) is 5.90. The Bertz CT molecular complexity index is 2680. The van der Waals surface area contributed by atoms with Gasteiger partial charge in [-0.15, -0.1) is 0 Å². The minimum atomic E-state index is -3.52. The van der Waals surface area contributed by atoms with E-state index in [4.69, 9.17) is 88.6 Å². The molecule has 12 aliphatic rings. The van der Waals surface area contributed by atoms with Crippen LogP contribution in [0.5, 0.6) is 0 Å². The zero-order chi connectivity index (χ0) is 75.5. The molecular formula is C42H74O18. The molecule has 0 bridgehead atoms. The normalized spacial score (nSPS) is 80.6. The first-order valence-electron chi connectivity index (χ1n) is 36.0. The average Bonchev–Trinajstić information content (AvgIpc) is 1.49. The van der Waals surface area contributed by atoms with Crippen LogP contribution >= 0.6 is 0 Å². The fraction of sp³-hybridized carbons (Fsp3) is 1.00. The number of rotatable bonds is 0. The van der Waals surface area contributed by atoms with Crippen molar-refractivity contribution in [3.05, 3.63) is 0 Å². The molecule has 18 heteroatoms. The van der Waals surface area contributed by atoms with E-state index in [1.165, 1.54) is 13.8 Å². The molecule has 0 aromatic rings. The highest BCUT2D eigenvalue weighted by Crippen LogP contribution is 2.41. The van der Waals surface area contributed by atoms with Gasteiger partial charge in [0, 0.05) is 54.7 Å². The maximum absolute atomic E-state index is 10.1. The molecule has 0 spiro atoms. The maximum atomic E-state index is 10.1. The van der Waals surface area contributed by atoms with E-state index in [1.807, 2.05) is 0 Å². The summed E-state index contributed by atoms with van der Waals surface area (Å²) < 4.78 is 333. The first-order chi connectivity index (χ1) is 41.6. The molecule has 0 aromatic carbocycles. The Hall–Kier alpha value is -0.720. The van der Waals surface area contributed by atoms with Crippen LogP contribution in [0.15, 0.2) is 0 Å². The lowest BCUT2D eigenvalue weighted by molar-refractivity contribution is -0.0913. The maximum Gasteiger partial charge on any atom is 0.163 e. The van der Waals surface area contributed by atoms with Gasteiger partial charge in [0.15, 0.2) is 37.7 Å². The summed E-state index contributed by atoms with van der Waals surface area (Å²) in [6.45, 7) is -21.6. The van der Waals surface area contributed by atoms with Crippen LogP contribution in [0.2, 0.25) is 0 Å². The molecular weight excluding hydrogens is 792 g/mol. The molecule has 0 unspecified atom stereocenters. The second kappa shape index (κ2) is 19.8. The van der Waals surface area contributed by atoms with Gasteiger partial charge in [0.05, 0.1) is 144 Å². The molecule has 0 radical (unpaired) electrons. The molecule has 12 saturated heterocycles. The highest BCUT2D eigenvalue weighted by Gasteiger charge is 2.52. The van der Waals surface area contributed by atoms with Crippen molar-refractivity contribution in [2.45, 2.75) is 152 Å². The Morgan fingerprint density at radius 3 is 1.23 bits per heavy atom. The number of hydrogen-bond donors (Lipinski definition) is 6. The van der Waals surface area contributed by atoms with E-state index in [0.29, 0.717) is 0 Å². The number of ether oxygens (including phenoxy) is 12. The highest BCUT2D eigenvalue weighted by molar-refractivity contribution is 4.95. The van der Waals surface area contributed by atoms with Gasteiger partial charge >= 0.3 is 0 Å². The smallest absolute Gasteiger partial charge is 0.163 e. The highest BCUT2D eigenvalue weighted by atomic mass is 16.7. The van der Waals surface area contributed by atoms with Crippen LogP contribution in [0.1, 0.15) is 131 Å². The average molecular weight is 904 g/mol. The van der Waals surface area contributed by atoms with E-state index in [-0.39, 0.29) is 20.6 Å². The van der Waals surface area contributed by atoms with Crippen LogP contribution in [0, 0.1) is 35.5 Å². The summed E-state index contributed by atoms with van der Waals surface area (Å²) in [7, 11) is 0. The van der Waals surface area contributed by atoms with Crippen LogP contribution in [-0.4, -0.2) is 181 Å². The predicted octanol–water partition coefficient (Wildman–Crippen LogP) is 1.03. The predicted molar refractivity (Wildman–Crippen MR) is 209 cm³/mol. The quantitative estimate of drug-likeness (QED) is 0.199. The zero-order valence-electron chi connectivity index (χ0n) is 68.6. The third-order valence-electron chi connectivity index (χ3n) is 9.40. The van der Waals surface area contributed by atoms with Gasteiger partial charge in [-0.3, -0.25) is 0 Å². The summed E-state index contributed by atoms with van der Waals surface area (Å²) in [6, 6.07) is 0. The van der Waals surface area contributed by atoms with Gasteiger partial charge in [-0.25, -0.2) is 0 Å². The van der Waals surface area contributed by atoms with Crippen LogP contribution in [0.3, 0.4) is 0 Å². The van der Waals surface area contributed by atoms with Crippen LogP contribution in [-0.2, 0) is 56.8 Å². The third-order valence-corrected chi connectivity index (χ3v) is 9.40. The van der Waals surface area contributed by atoms with Crippen molar-refractivity contribution >= 4 is 0 Å². The van der Waals surface area contributed by atoms with Crippen molar-refractivity contribution in [2.24, 2.45) is 35.5 Å². The SMILES string of the molecule is C.[2H]C1([2H])O[C@@H]2OC([2H])([2H])[C@](C)(O)[C@@H]2C1([2H])[2H].[2H]C1([2H])O[C@@H]2OC([2H])([2H])[C@](C)(O)[C@@H]2C1([2H])[2H].[2H]C1([2H])O[C@@H]2OC[C@](C)(O)[C@@H]2C1([2H])[2H].[2H]C1([2H])O[C@@H]2OC[C@](C)(O)[C@@H]2C1([2H])[2H].[2H]C1([2H])O[C@]2([2H])OC([2H])([2H])[C@](C)(O)[C@]2([2H])C1([2H])[2H].[2H]C1([2H])O[C@]2([2H])OC([2H])([2H])[C@]([2H])(O)[C@]2([2H])C1([2H])[2H]. The standard InChI is InChI=1S/5C7H12O3.C6H10O3.CH4/c5*1-7(8)4-10-6-5(7)2-3-9-6;7-5-3-9-6-4(5)1-2-8-6;/h5*5-6,8H,2-4H2,1H3;4-7H,1-3H2;1H4/t5*5-,6-,7+;4-,5-,6+;/m111110./s1/i2D2,3D2,4D2,5D,6D;2*2D2,3D2,4D2;2*2D2,3D2;1D2,2D2,3D2,4D,5D,6D;. The molecule has 18 atom stereocenters. The lowest BCUT2D eigenvalue weighted by Gasteiger charge is -2.19. The van der Waals surface area contributed by atoms with Gasteiger partial charge in [0.1, 0.15) is 0 Å². The van der Waals surface area contributed by atoms with E-state index >= 15 is 0 Å². The van der Waals surface area contributed by atoms with Crippen LogP contribution in [0.4, 0.5) is 0 Å². The second-order valence-electron chi connectivity index (χ2n) is 14.7. The van der Waals surface area contributed by atoms with E-state index in [1.54, 1.807) is 0 Å². The number of fused-ring (bicyclic) bond motifs is 6. The molecule has 6 N–H and O–H groups in total. The van der Waals surface area contributed by atoms with Gasteiger partial charge in [-0.2, -0.15) is 0 Å². The summed E-state index contributed by atoms with van der Waals surface area (Å²) in [5.74, 6) is -11.1. The Kier molecular flexibility index (Phi) is 6.48. The number of aliphatic hydroxyl groups is 6. The van der Waals surface area contributed by atoms with Gasteiger partial charge in [-0.1, -0.05) is 7.43 Å². The molecule has 18 nitrogen and oxygen atoms in total. The summed E-state index contributed by atoms with van der Waals surface area (Å²) in [5, 5.41) is 59.4. The summed E-state index contributed by atoms with van der Waals surface area (Å²) >= 11 is 0. The van der Waals surface area contributed by atoms with Gasteiger partial charge in [0.25, 0.3) is 0 Å². The van der Waals surface area contributed by atoms with E-state index in [9.17, 15) is 30.6 Å². The van der Waals surface area contributed by atoms with E-state index in [2.05, 4.69) is 18.9 Å².